The summed E-state index contributed by atoms with van der Waals surface area (Å²) in [6.07, 6.45) is 6.46. The van der Waals surface area contributed by atoms with Gasteiger partial charge in [-0.05, 0) is 48.6 Å². The standard InChI is InChI=1S/C22H24N2O2/c1-23-22(26)19-12-9-17(10-13-19)11-14-21(25)24-15-5-8-20(24)16-18-6-3-2-4-7-18/h2-4,6-7,9-14,20H,5,8,15-16H2,1H3,(H,23,26)/b14-11+. The van der Waals surface area contributed by atoms with Gasteiger partial charge >= 0.3 is 0 Å². The molecule has 1 aliphatic rings. The van der Waals surface area contributed by atoms with E-state index in [0.717, 1.165) is 31.4 Å². The summed E-state index contributed by atoms with van der Waals surface area (Å²) >= 11 is 0. The molecule has 0 bridgehead atoms. The minimum atomic E-state index is -0.113. The quantitative estimate of drug-likeness (QED) is 0.843. The Morgan fingerprint density at radius 1 is 1.12 bits per heavy atom. The molecule has 1 fully saturated rings. The van der Waals surface area contributed by atoms with Crippen LogP contribution < -0.4 is 5.32 Å². The van der Waals surface area contributed by atoms with E-state index in [1.807, 2.05) is 41.3 Å². The van der Waals surface area contributed by atoms with Gasteiger partial charge in [0, 0.05) is 31.3 Å². The van der Waals surface area contributed by atoms with E-state index in [4.69, 9.17) is 0 Å². The maximum atomic E-state index is 12.6. The Morgan fingerprint density at radius 3 is 2.54 bits per heavy atom. The molecule has 0 saturated carbocycles. The van der Waals surface area contributed by atoms with E-state index in [0.29, 0.717) is 5.56 Å². The van der Waals surface area contributed by atoms with Crippen molar-refractivity contribution in [1.29, 1.82) is 0 Å². The Morgan fingerprint density at radius 2 is 1.85 bits per heavy atom. The summed E-state index contributed by atoms with van der Waals surface area (Å²) in [5.41, 5.74) is 2.79. The third kappa shape index (κ3) is 4.39. The molecule has 2 aromatic carbocycles. The molecule has 2 aromatic rings. The Bertz CT molecular complexity index is 782. The zero-order valence-electron chi connectivity index (χ0n) is 15.0. The molecule has 0 spiro atoms. The van der Waals surface area contributed by atoms with Crippen LogP contribution in [0.2, 0.25) is 0 Å². The summed E-state index contributed by atoms with van der Waals surface area (Å²) in [4.78, 5) is 26.2. The lowest BCUT2D eigenvalue weighted by atomic mass is 10.0. The summed E-state index contributed by atoms with van der Waals surface area (Å²) in [6.45, 7) is 0.816. The van der Waals surface area contributed by atoms with Crippen molar-refractivity contribution in [2.45, 2.75) is 25.3 Å². The van der Waals surface area contributed by atoms with Crippen molar-refractivity contribution >= 4 is 17.9 Å². The molecule has 1 unspecified atom stereocenters. The van der Waals surface area contributed by atoms with Crippen LogP contribution in [-0.2, 0) is 11.2 Å². The van der Waals surface area contributed by atoms with E-state index in [2.05, 4.69) is 17.4 Å². The molecule has 1 atom stereocenters. The second-order valence-electron chi connectivity index (χ2n) is 6.55. The van der Waals surface area contributed by atoms with Gasteiger partial charge in [0.05, 0.1) is 0 Å². The second-order valence-corrected chi connectivity index (χ2v) is 6.55. The largest absolute Gasteiger partial charge is 0.355 e. The maximum absolute atomic E-state index is 12.6. The van der Waals surface area contributed by atoms with Crippen molar-refractivity contribution in [3.63, 3.8) is 0 Å². The SMILES string of the molecule is CNC(=O)c1ccc(/C=C/C(=O)N2CCCC2Cc2ccccc2)cc1. The van der Waals surface area contributed by atoms with Crippen molar-refractivity contribution in [1.82, 2.24) is 10.2 Å². The first-order chi connectivity index (χ1) is 12.7. The second kappa shape index (κ2) is 8.48. The van der Waals surface area contributed by atoms with E-state index in [-0.39, 0.29) is 17.9 Å². The summed E-state index contributed by atoms with van der Waals surface area (Å²) in [5.74, 6) is -0.0590. The number of carbonyl (C=O) groups is 2. The predicted molar refractivity (Wildman–Crippen MR) is 104 cm³/mol. The molecule has 1 aliphatic heterocycles. The Balaban J connectivity index is 1.63. The monoisotopic (exact) mass is 348 g/mol. The third-order valence-electron chi connectivity index (χ3n) is 4.79. The Labute approximate surface area is 154 Å². The molecular weight excluding hydrogens is 324 g/mol. The number of nitrogens with one attached hydrogen (secondary N) is 1. The first-order valence-electron chi connectivity index (χ1n) is 9.02. The van der Waals surface area contributed by atoms with Gasteiger partial charge in [0.1, 0.15) is 0 Å². The number of hydrogen-bond acceptors (Lipinski definition) is 2. The molecule has 0 aromatic heterocycles. The summed E-state index contributed by atoms with van der Waals surface area (Å²) < 4.78 is 0. The van der Waals surface area contributed by atoms with E-state index in [1.54, 1.807) is 25.3 Å². The van der Waals surface area contributed by atoms with Crippen LogP contribution in [0.5, 0.6) is 0 Å². The maximum Gasteiger partial charge on any atom is 0.251 e. The predicted octanol–water partition coefficient (Wildman–Crippen LogP) is 3.29. The van der Waals surface area contributed by atoms with Gasteiger partial charge in [-0.2, -0.15) is 0 Å². The van der Waals surface area contributed by atoms with Crippen LogP contribution in [0.4, 0.5) is 0 Å². The number of benzene rings is 2. The van der Waals surface area contributed by atoms with Gasteiger partial charge in [-0.15, -0.1) is 0 Å². The molecular formula is C22H24N2O2. The number of carbonyl (C=O) groups excluding carboxylic acids is 2. The lowest BCUT2D eigenvalue weighted by Crippen LogP contribution is -2.35. The van der Waals surface area contributed by atoms with Crippen LogP contribution in [0.25, 0.3) is 6.08 Å². The first-order valence-corrected chi connectivity index (χ1v) is 9.02. The molecule has 1 N–H and O–H groups in total. The summed E-state index contributed by atoms with van der Waals surface area (Å²) in [7, 11) is 1.61. The smallest absolute Gasteiger partial charge is 0.251 e. The molecule has 2 amide bonds. The van der Waals surface area contributed by atoms with Crippen LogP contribution >= 0.6 is 0 Å². The van der Waals surface area contributed by atoms with Crippen molar-refractivity contribution in [3.05, 3.63) is 77.4 Å². The zero-order valence-corrected chi connectivity index (χ0v) is 15.0. The van der Waals surface area contributed by atoms with Gasteiger partial charge in [-0.1, -0.05) is 42.5 Å². The van der Waals surface area contributed by atoms with Crippen LogP contribution in [-0.4, -0.2) is 36.3 Å². The minimum absolute atomic E-state index is 0.0545. The highest BCUT2D eigenvalue weighted by Gasteiger charge is 2.27. The van der Waals surface area contributed by atoms with Gasteiger partial charge in [0.2, 0.25) is 5.91 Å². The van der Waals surface area contributed by atoms with Crippen molar-refractivity contribution in [2.75, 3.05) is 13.6 Å². The molecule has 26 heavy (non-hydrogen) atoms. The first kappa shape index (κ1) is 17.9. The van der Waals surface area contributed by atoms with Gasteiger partial charge in [0.25, 0.3) is 5.91 Å². The van der Waals surface area contributed by atoms with Crippen LogP contribution in [0.1, 0.15) is 34.3 Å². The molecule has 4 nitrogen and oxygen atoms in total. The molecule has 0 radical (unpaired) electrons. The lowest BCUT2D eigenvalue weighted by molar-refractivity contribution is -0.126. The van der Waals surface area contributed by atoms with E-state index in [1.165, 1.54) is 5.56 Å². The van der Waals surface area contributed by atoms with E-state index in [9.17, 15) is 9.59 Å². The topological polar surface area (TPSA) is 49.4 Å². The Kier molecular flexibility index (Phi) is 5.84. The average molecular weight is 348 g/mol. The highest BCUT2D eigenvalue weighted by molar-refractivity contribution is 5.95. The van der Waals surface area contributed by atoms with Gasteiger partial charge < -0.3 is 10.2 Å². The Hall–Kier alpha value is -2.88. The van der Waals surface area contributed by atoms with Gasteiger partial charge in [-0.3, -0.25) is 9.59 Å². The van der Waals surface area contributed by atoms with Crippen LogP contribution in [0.3, 0.4) is 0 Å². The highest BCUT2D eigenvalue weighted by Crippen LogP contribution is 2.22. The molecule has 1 saturated heterocycles. The average Bonchev–Trinajstić information content (AvgIpc) is 3.15. The van der Waals surface area contributed by atoms with Gasteiger partial charge in [0.15, 0.2) is 0 Å². The van der Waals surface area contributed by atoms with Crippen molar-refractivity contribution in [2.24, 2.45) is 0 Å². The number of amides is 2. The zero-order chi connectivity index (χ0) is 18.4. The number of likely N-dealkylation sites (tertiary alicyclic amines) is 1. The normalized spacial score (nSPS) is 16.8. The number of nitrogens with zero attached hydrogens (tertiary/aromatic N) is 1. The third-order valence-corrected chi connectivity index (χ3v) is 4.79. The summed E-state index contributed by atoms with van der Waals surface area (Å²) in [6, 6.07) is 17.8. The van der Waals surface area contributed by atoms with Crippen molar-refractivity contribution in [3.8, 4) is 0 Å². The van der Waals surface area contributed by atoms with E-state index >= 15 is 0 Å². The molecule has 134 valence electrons. The fourth-order valence-electron chi connectivity index (χ4n) is 3.38. The van der Waals surface area contributed by atoms with Crippen LogP contribution in [0.15, 0.2) is 60.7 Å². The number of rotatable bonds is 5. The molecule has 3 rings (SSSR count). The molecule has 1 heterocycles. The fourth-order valence-corrected chi connectivity index (χ4v) is 3.38. The van der Waals surface area contributed by atoms with E-state index < -0.39 is 0 Å². The van der Waals surface area contributed by atoms with Crippen LogP contribution in [0, 0.1) is 0 Å². The fraction of sp³-hybridized carbons (Fsp3) is 0.273. The molecule has 0 aliphatic carbocycles. The molecule has 4 heteroatoms. The summed E-state index contributed by atoms with van der Waals surface area (Å²) in [5, 5.41) is 2.60. The number of hydrogen-bond donors (Lipinski definition) is 1. The highest BCUT2D eigenvalue weighted by atomic mass is 16.2. The lowest BCUT2D eigenvalue weighted by Gasteiger charge is -2.23. The van der Waals surface area contributed by atoms with Crippen molar-refractivity contribution < 1.29 is 9.59 Å². The minimum Gasteiger partial charge on any atom is -0.355 e. The van der Waals surface area contributed by atoms with Gasteiger partial charge in [-0.25, -0.2) is 0 Å².